The van der Waals surface area contributed by atoms with Crippen molar-refractivity contribution >= 4 is 0 Å². The van der Waals surface area contributed by atoms with Crippen molar-refractivity contribution in [1.82, 2.24) is 10.3 Å². The number of alkyl halides is 9. The summed E-state index contributed by atoms with van der Waals surface area (Å²) in [5.41, 5.74) is -1.10. The van der Waals surface area contributed by atoms with E-state index < -0.39 is 48.8 Å². The number of aromatic nitrogens is 1. The second-order valence-corrected chi connectivity index (χ2v) is 8.20. The summed E-state index contributed by atoms with van der Waals surface area (Å²) in [5, 5.41) is 2.95. The van der Waals surface area contributed by atoms with Gasteiger partial charge in [-0.25, -0.2) is 0 Å². The zero-order valence-corrected chi connectivity index (χ0v) is 19.4. The van der Waals surface area contributed by atoms with E-state index in [1.807, 2.05) is 0 Å². The predicted molar refractivity (Wildman–Crippen MR) is 118 cm³/mol. The molecule has 0 saturated heterocycles. The lowest BCUT2D eigenvalue weighted by atomic mass is 9.78. The number of halogens is 9. The third-order valence-electron chi connectivity index (χ3n) is 5.36. The number of ether oxygens (including phenoxy) is 2. The molecule has 0 unspecified atom stereocenters. The average molecular weight is 552 g/mol. The minimum Gasteiger partial charge on any atom is -0.406 e. The molecule has 2 aromatic carbocycles. The maximum atomic E-state index is 12.9. The van der Waals surface area contributed by atoms with E-state index in [4.69, 9.17) is 0 Å². The van der Waals surface area contributed by atoms with Gasteiger partial charge in [-0.15, -0.1) is 26.3 Å². The van der Waals surface area contributed by atoms with Crippen molar-refractivity contribution in [2.24, 2.45) is 0 Å². The molecule has 0 aliphatic heterocycles. The second-order valence-electron chi connectivity index (χ2n) is 8.20. The Morgan fingerprint density at radius 1 is 0.684 bits per heavy atom. The molecule has 1 N–H and O–H groups in total. The quantitative estimate of drug-likeness (QED) is 0.212. The van der Waals surface area contributed by atoms with Crippen LogP contribution < -0.4 is 14.8 Å². The third-order valence-corrected chi connectivity index (χ3v) is 5.36. The smallest absolute Gasteiger partial charge is 0.406 e. The summed E-state index contributed by atoms with van der Waals surface area (Å²) < 4.78 is 124. The Kier molecular flexibility index (Phi) is 8.80. The summed E-state index contributed by atoms with van der Waals surface area (Å²) in [5.74, 6) is -1.25. The molecule has 4 nitrogen and oxygen atoms in total. The first-order valence-corrected chi connectivity index (χ1v) is 11.1. The topological polar surface area (TPSA) is 43.4 Å². The van der Waals surface area contributed by atoms with Crippen molar-refractivity contribution in [3.63, 3.8) is 0 Å². The lowest BCUT2D eigenvalue weighted by Gasteiger charge is -2.37. The molecule has 206 valence electrons. The molecule has 0 bridgehead atoms. The van der Waals surface area contributed by atoms with E-state index in [1.165, 1.54) is 30.5 Å². The summed E-state index contributed by atoms with van der Waals surface area (Å²) >= 11 is 0. The zero-order valence-electron chi connectivity index (χ0n) is 19.4. The summed E-state index contributed by atoms with van der Waals surface area (Å²) in [4.78, 5) is 4.20. The van der Waals surface area contributed by atoms with Gasteiger partial charge in [0, 0.05) is 24.7 Å². The number of pyridine rings is 1. The summed E-state index contributed by atoms with van der Waals surface area (Å²) in [6.07, 6.45) is -14.8. The van der Waals surface area contributed by atoms with Crippen molar-refractivity contribution in [2.45, 2.75) is 43.7 Å². The minimum absolute atomic E-state index is 0.0843. The first kappa shape index (κ1) is 29.1. The van der Waals surface area contributed by atoms with Crippen LogP contribution in [0.15, 0.2) is 72.9 Å². The molecule has 0 radical (unpaired) electrons. The van der Waals surface area contributed by atoms with E-state index in [0.717, 1.165) is 24.3 Å². The van der Waals surface area contributed by atoms with Crippen LogP contribution in [-0.4, -0.2) is 30.4 Å². The molecule has 0 aliphatic rings. The summed E-state index contributed by atoms with van der Waals surface area (Å²) in [7, 11) is 0. The van der Waals surface area contributed by atoms with E-state index in [9.17, 15) is 39.5 Å². The standard InChI is InChI=1S/C25H21F9N2O2/c26-23(27,28)11-5-13-36-22(16-19-8-1-2-12-35-19,17-6-3-9-20(14-17)37-24(29,30)31)18-7-4-10-21(15-18)38-25(32,33)34/h1-4,6-10,12,14-15,36H,5,11,13,16H2. The Labute approximate surface area is 211 Å². The molecular formula is C25H21F9N2O2. The number of nitrogens with zero attached hydrogens (tertiary/aromatic N) is 1. The minimum atomic E-state index is -5.04. The van der Waals surface area contributed by atoms with Gasteiger partial charge in [-0.05, 0) is 60.5 Å². The van der Waals surface area contributed by atoms with E-state index in [1.54, 1.807) is 18.2 Å². The van der Waals surface area contributed by atoms with E-state index in [0.29, 0.717) is 5.69 Å². The third kappa shape index (κ3) is 8.82. The molecule has 3 aromatic rings. The Morgan fingerprint density at radius 2 is 1.24 bits per heavy atom. The molecule has 0 amide bonds. The molecule has 1 aromatic heterocycles. The van der Waals surface area contributed by atoms with Crippen LogP contribution in [0.2, 0.25) is 0 Å². The molecular weight excluding hydrogens is 531 g/mol. The fourth-order valence-corrected chi connectivity index (χ4v) is 3.92. The van der Waals surface area contributed by atoms with E-state index in [-0.39, 0.29) is 24.1 Å². The maximum Gasteiger partial charge on any atom is 0.573 e. The Hall–Kier alpha value is -3.48. The van der Waals surface area contributed by atoms with Crippen LogP contribution in [0.3, 0.4) is 0 Å². The Balaban J connectivity index is 2.16. The highest BCUT2D eigenvalue weighted by Gasteiger charge is 2.38. The van der Waals surface area contributed by atoms with Gasteiger partial charge in [0.25, 0.3) is 0 Å². The van der Waals surface area contributed by atoms with Crippen LogP contribution in [0.1, 0.15) is 29.7 Å². The Morgan fingerprint density at radius 3 is 1.68 bits per heavy atom. The molecule has 13 heteroatoms. The molecule has 0 atom stereocenters. The fourth-order valence-electron chi connectivity index (χ4n) is 3.92. The van der Waals surface area contributed by atoms with Gasteiger partial charge in [-0.1, -0.05) is 30.3 Å². The monoisotopic (exact) mass is 552 g/mol. The number of nitrogens with one attached hydrogen (secondary N) is 1. The molecule has 38 heavy (non-hydrogen) atoms. The zero-order chi connectivity index (χ0) is 28.0. The summed E-state index contributed by atoms with van der Waals surface area (Å²) in [6.45, 7) is -0.291. The van der Waals surface area contributed by atoms with Gasteiger partial charge >= 0.3 is 18.9 Å². The highest BCUT2D eigenvalue weighted by molar-refractivity contribution is 5.45. The van der Waals surface area contributed by atoms with Crippen LogP contribution in [0.4, 0.5) is 39.5 Å². The number of benzene rings is 2. The van der Waals surface area contributed by atoms with Gasteiger partial charge in [0.2, 0.25) is 0 Å². The highest BCUT2D eigenvalue weighted by atomic mass is 19.4. The number of hydrogen-bond acceptors (Lipinski definition) is 4. The van der Waals surface area contributed by atoms with Gasteiger partial charge in [-0.3, -0.25) is 4.98 Å². The van der Waals surface area contributed by atoms with Gasteiger partial charge in [0.05, 0.1) is 5.54 Å². The molecule has 1 heterocycles. The lowest BCUT2D eigenvalue weighted by molar-refractivity contribution is -0.275. The first-order valence-electron chi connectivity index (χ1n) is 11.1. The second kappa shape index (κ2) is 11.5. The van der Waals surface area contributed by atoms with Crippen LogP contribution in [0, 0.1) is 0 Å². The molecule has 0 aliphatic carbocycles. The number of hydrogen-bond donors (Lipinski definition) is 1. The van der Waals surface area contributed by atoms with Gasteiger partial charge in [0.1, 0.15) is 11.5 Å². The van der Waals surface area contributed by atoms with Gasteiger partial charge in [-0.2, -0.15) is 13.2 Å². The van der Waals surface area contributed by atoms with Crippen LogP contribution in [-0.2, 0) is 12.0 Å². The largest absolute Gasteiger partial charge is 0.573 e. The SMILES string of the molecule is FC(F)(F)CCCNC(Cc1ccccn1)(c1cccc(OC(F)(F)F)c1)c1cccc(OC(F)(F)F)c1. The maximum absolute atomic E-state index is 12.9. The molecule has 0 spiro atoms. The first-order chi connectivity index (χ1) is 17.7. The van der Waals surface area contributed by atoms with Crippen molar-refractivity contribution < 1.29 is 49.0 Å². The van der Waals surface area contributed by atoms with E-state index >= 15 is 0 Å². The van der Waals surface area contributed by atoms with Crippen molar-refractivity contribution in [1.29, 1.82) is 0 Å². The Bertz CT molecular complexity index is 1120. The van der Waals surface area contributed by atoms with Crippen LogP contribution in [0.25, 0.3) is 0 Å². The number of rotatable bonds is 10. The fraction of sp³-hybridized carbons (Fsp3) is 0.320. The van der Waals surface area contributed by atoms with Crippen molar-refractivity contribution in [3.05, 3.63) is 89.7 Å². The van der Waals surface area contributed by atoms with Crippen molar-refractivity contribution in [3.8, 4) is 11.5 Å². The normalized spacial score (nSPS) is 12.9. The van der Waals surface area contributed by atoms with Gasteiger partial charge in [0.15, 0.2) is 0 Å². The lowest BCUT2D eigenvalue weighted by Crippen LogP contribution is -2.46. The average Bonchev–Trinajstić information content (AvgIpc) is 2.79. The van der Waals surface area contributed by atoms with E-state index in [2.05, 4.69) is 19.8 Å². The molecule has 0 fully saturated rings. The van der Waals surface area contributed by atoms with Crippen LogP contribution >= 0.6 is 0 Å². The van der Waals surface area contributed by atoms with Crippen LogP contribution in [0.5, 0.6) is 11.5 Å². The van der Waals surface area contributed by atoms with Gasteiger partial charge < -0.3 is 14.8 Å². The molecule has 0 saturated carbocycles. The highest BCUT2D eigenvalue weighted by Crippen LogP contribution is 2.38. The molecule has 3 rings (SSSR count). The predicted octanol–water partition coefficient (Wildman–Crippen LogP) is 7.30. The summed E-state index contributed by atoms with van der Waals surface area (Å²) in [6, 6.07) is 14.1. The van der Waals surface area contributed by atoms with Crippen molar-refractivity contribution in [2.75, 3.05) is 6.54 Å².